The average molecular weight is 490 g/mol. The first-order chi connectivity index (χ1) is 17.5. The molecule has 2 heterocycles. The number of rotatable bonds is 10. The third-order valence-electron chi connectivity index (χ3n) is 6.30. The van der Waals surface area contributed by atoms with E-state index < -0.39 is 6.10 Å². The Kier molecular flexibility index (Phi) is 8.76. The van der Waals surface area contributed by atoms with Crippen LogP contribution >= 0.6 is 0 Å². The number of hydrogen-bond donors (Lipinski definition) is 3. The standard InChI is InChI=1S/C28H35N5O3/c1-3-36-26-13-7-6-12-25(26)33-17-15-32(16-18-33)20-22(34)19-30-28(35)23-10-8-14-29-27(23)31-24-11-5-4-9-21(24)2/h4-14,22,34H,3,15-20H2,1-2H3,(H,29,31)(H,30,35). The minimum absolute atomic E-state index is 0.172. The van der Waals surface area contributed by atoms with Gasteiger partial charge in [0, 0.05) is 51.2 Å². The highest BCUT2D eigenvalue weighted by Crippen LogP contribution is 2.29. The van der Waals surface area contributed by atoms with Crippen LogP contribution in [-0.2, 0) is 0 Å². The Labute approximate surface area is 212 Å². The molecular weight excluding hydrogens is 454 g/mol. The molecule has 190 valence electrons. The normalized spacial score (nSPS) is 14.8. The number of anilines is 3. The number of nitrogens with zero attached hydrogens (tertiary/aromatic N) is 3. The zero-order valence-electron chi connectivity index (χ0n) is 21.0. The van der Waals surface area contributed by atoms with E-state index in [9.17, 15) is 9.90 Å². The van der Waals surface area contributed by atoms with E-state index in [2.05, 4.69) is 31.5 Å². The summed E-state index contributed by atoms with van der Waals surface area (Å²) in [6.45, 7) is 8.67. The molecule has 1 atom stereocenters. The number of aryl methyl sites for hydroxylation is 1. The Morgan fingerprint density at radius 2 is 1.81 bits per heavy atom. The number of ether oxygens (including phenoxy) is 1. The molecular formula is C28H35N5O3. The molecule has 0 radical (unpaired) electrons. The van der Waals surface area contributed by atoms with E-state index in [4.69, 9.17) is 4.74 Å². The molecule has 36 heavy (non-hydrogen) atoms. The molecule has 8 heteroatoms. The highest BCUT2D eigenvalue weighted by atomic mass is 16.5. The van der Waals surface area contributed by atoms with Gasteiger partial charge in [-0.1, -0.05) is 30.3 Å². The molecule has 8 nitrogen and oxygen atoms in total. The molecule has 0 bridgehead atoms. The van der Waals surface area contributed by atoms with Crippen molar-refractivity contribution in [1.82, 2.24) is 15.2 Å². The molecule has 0 spiro atoms. The molecule has 3 N–H and O–H groups in total. The number of aromatic nitrogens is 1. The summed E-state index contributed by atoms with van der Waals surface area (Å²) in [7, 11) is 0. The van der Waals surface area contributed by atoms with Crippen LogP contribution in [0.1, 0.15) is 22.8 Å². The number of amides is 1. The maximum absolute atomic E-state index is 12.9. The number of para-hydroxylation sites is 3. The van der Waals surface area contributed by atoms with Crippen molar-refractivity contribution >= 4 is 23.1 Å². The zero-order valence-corrected chi connectivity index (χ0v) is 21.0. The van der Waals surface area contributed by atoms with Crippen LogP contribution in [0.5, 0.6) is 5.75 Å². The summed E-state index contributed by atoms with van der Waals surface area (Å²) in [6.07, 6.45) is 0.985. The Morgan fingerprint density at radius 1 is 1.06 bits per heavy atom. The van der Waals surface area contributed by atoms with E-state index in [1.54, 1.807) is 18.3 Å². The number of β-amino-alcohol motifs (C(OH)–C–C–N with tert-alkyl or cyclic N) is 1. The lowest BCUT2D eigenvalue weighted by Gasteiger charge is -2.37. The number of pyridine rings is 1. The lowest BCUT2D eigenvalue weighted by Crippen LogP contribution is -2.50. The molecule has 3 aromatic rings. The van der Waals surface area contributed by atoms with Crippen molar-refractivity contribution in [2.45, 2.75) is 20.0 Å². The number of piperazine rings is 1. The van der Waals surface area contributed by atoms with Crippen LogP contribution < -0.4 is 20.3 Å². The molecule has 0 aliphatic carbocycles. The summed E-state index contributed by atoms with van der Waals surface area (Å²) in [6, 6.07) is 19.4. The van der Waals surface area contributed by atoms with E-state index >= 15 is 0 Å². The average Bonchev–Trinajstić information content (AvgIpc) is 2.90. The lowest BCUT2D eigenvalue weighted by molar-refractivity contribution is 0.0852. The van der Waals surface area contributed by atoms with E-state index in [0.29, 0.717) is 24.5 Å². The fourth-order valence-electron chi connectivity index (χ4n) is 4.36. The van der Waals surface area contributed by atoms with Crippen LogP contribution in [0.4, 0.5) is 17.2 Å². The van der Waals surface area contributed by atoms with Crippen LogP contribution in [0.25, 0.3) is 0 Å². The molecule has 1 aliphatic heterocycles. The first kappa shape index (κ1) is 25.5. The Balaban J connectivity index is 1.27. The van der Waals surface area contributed by atoms with Crippen LogP contribution in [0.3, 0.4) is 0 Å². The maximum Gasteiger partial charge on any atom is 0.255 e. The fraction of sp³-hybridized carbons (Fsp3) is 0.357. The van der Waals surface area contributed by atoms with Gasteiger partial charge < -0.3 is 25.4 Å². The number of carbonyl (C=O) groups excluding carboxylic acids is 1. The SMILES string of the molecule is CCOc1ccccc1N1CCN(CC(O)CNC(=O)c2cccnc2Nc2ccccc2C)CC1. The van der Waals surface area contributed by atoms with Gasteiger partial charge in [0.25, 0.3) is 5.91 Å². The summed E-state index contributed by atoms with van der Waals surface area (Å²) >= 11 is 0. The second-order valence-corrected chi connectivity index (χ2v) is 8.89. The van der Waals surface area contributed by atoms with E-state index in [-0.39, 0.29) is 12.5 Å². The molecule has 1 unspecified atom stereocenters. The van der Waals surface area contributed by atoms with Gasteiger partial charge in [0.1, 0.15) is 11.6 Å². The van der Waals surface area contributed by atoms with Gasteiger partial charge in [-0.3, -0.25) is 9.69 Å². The van der Waals surface area contributed by atoms with Crippen molar-refractivity contribution in [3.05, 3.63) is 78.0 Å². The predicted molar refractivity (Wildman–Crippen MR) is 143 cm³/mol. The Bertz CT molecular complexity index is 1150. The van der Waals surface area contributed by atoms with Crippen LogP contribution in [0, 0.1) is 6.92 Å². The van der Waals surface area contributed by atoms with Gasteiger partial charge in [-0.25, -0.2) is 4.98 Å². The topological polar surface area (TPSA) is 90.0 Å². The second kappa shape index (κ2) is 12.4. The van der Waals surface area contributed by atoms with Gasteiger partial charge in [0.15, 0.2) is 0 Å². The van der Waals surface area contributed by atoms with Gasteiger partial charge in [-0.05, 0) is 49.7 Å². The molecule has 1 fully saturated rings. The summed E-state index contributed by atoms with van der Waals surface area (Å²) in [5.41, 5.74) is 3.51. The number of benzene rings is 2. The number of aliphatic hydroxyl groups excluding tert-OH is 1. The molecule has 1 aliphatic rings. The van der Waals surface area contributed by atoms with Crippen LogP contribution in [0.15, 0.2) is 66.9 Å². The summed E-state index contributed by atoms with van der Waals surface area (Å²) in [5, 5.41) is 16.7. The number of carbonyl (C=O) groups is 1. The molecule has 4 rings (SSSR count). The Morgan fingerprint density at radius 3 is 2.58 bits per heavy atom. The van der Waals surface area contributed by atoms with Crippen molar-refractivity contribution < 1.29 is 14.6 Å². The Hall–Kier alpha value is -3.62. The van der Waals surface area contributed by atoms with Crippen LogP contribution in [-0.4, -0.2) is 72.9 Å². The number of aliphatic hydroxyl groups is 1. The third kappa shape index (κ3) is 6.53. The number of nitrogens with one attached hydrogen (secondary N) is 2. The number of hydrogen-bond acceptors (Lipinski definition) is 7. The van der Waals surface area contributed by atoms with Gasteiger partial charge in [0.2, 0.25) is 0 Å². The van der Waals surface area contributed by atoms with Gasteiger partial charge in [-0.2, -0.15) is 0 Å². The van der Waals surface area contributed by atoms with Crippen molar-refractivity contribution in [3.8, 4) is 5.75 Å². The third-order valence-corrected chi connectivity index (χ3v) is 6.30. The van der Waals surface area contributed by atoms with Crippen LogP contribution in [0.2, 0.25) is 0 Å². The van der Waals surface area contributed by atoms with Crippen molar-refractivity contribution in [3.63, 3.8) is 0 Å². The predicted octanol–water partition coefficient (Wildman–Crippen LogP) is 3.45. The maximum atomic E-state index is 12.9. The smallest absolute Gasteiger partial charge is 0.255 e. The lowest BCUT2D eigenvalue weighted by atomic mass is 10.2. The van der Waals surface area contributed by atoms with E-state index in [1.807, 2.05) is 56.3 Å². The van der Waals surface area contributed by atoms with Gasteiger partial charge >= 0.3 is 0 Å². The first-order valence-electron chi connectivity index (χ1n) is 12.5. The van der Waals surface area contributed by atoms with Gasteiger partial charge in [0.05, 0.1) is 24.0 Å². The highest BCUT2D eigenvalue weighted by molar-refractivity contribution is 5.99. The highest BCUT2D eigenvalue weighted by Gasteiger charge is 2.22. The summed E-state index contributed by atoms with van der Waals surface area (Å²) in [4.78, 5) is 21.8. The van der Waals surface area contributed by atoms with Gasteiger partial charge in [-0.15, -0.1) is 0 Å². The van der Waals surface area contributed by atoms with Crippen molar-refractivity contribution in [2.24, 2.45) is 0 Å². The largest absolute Gasteiger partial charge is 0.492 e. The minimum atomic E-state index is -0.666. The molecule has 0 saturated carbocycles. The fourth-order valence-corrected chi connectivity index (χ4v) is 4.36. The molecule has 1 aromatic heterocycles. The summed E-state index contributed by atoms with van der Waals surface area (Å²) < 4.78 is 5.78. The quantitative estimate of drug-likeness (QED) is 0.402. The monoisotopic (exact) mass is 489 g/mol. The molecule has 2 aromatic carbocycles. The van der Waals surface area contributed by atoms with E-state index in [0.717, 1.165) is 48.9 Å². The second-order valence-electron chi connectivity index (χ2n) is 8.89. The van der Waals surface area contributed by atoms with Crippen molar-refractivity contribution in [1.29, 1.82) is 0 Å². The zero-order chi connectivity index (χ0) is 25.3. The van der Waals surface area contributed by atoms with Crippen molar-refractivity contribution in [2.75, 3.05) is 56.1 Å². The first-order valence-corrected chi connectivity index (χ1v) is 12.5. The molecule has 1 amide bonds. The van der Waals surface area contributed by atoms with E-state index in [1.165, 1.54) is 0 Å². The molecule has 1 saturated heterocycles. The minimum Gasteiger partial charge on any atom is -0.492 e. The summed E-state index contributed by atoms with van der Waals surface area (Å²) in [5.74, 6) is 1.13.